The highest BCUT2D eigenvalue weighted by Gasteiger charge is 2.27. The van der Waals surface area contributed by atoms with Crippen LogP contribution in [0.2, 0.25) is 0 Å². The first-order valence-corrected chi connectivity index (χ1v) is 6.29. The minimum absolute atomic E-state index is 0.0614. The molecule has 0 bridgehead atoms. The number of ether oxygens (including phenoxy) is 1. The highest BCUT2D eigenvalue weighted by atomic mass is 16.5. The number of nitrogens with zero attached hydrogens (tertiary/aromatic N) is 2. The van der Waals surface area contributed by atoms with Crippen molar-refractivity contribution in [2.45, 2.75) is 26.8 Å². The number of phenolic OH excluding ortho intramolecular Hbond substituents is 1. The zero-order chi connectivity index (χ0) is 14.9. The van der Waals surface area contributed by atoms with Gasteiger partial charge in [0.05, 0.1) is 13.2 Å². The number of hydrogen-bond donors (Lipinski definition) is 2. The molecule has 1 atom stereocenters. The predicted octanol–water partition coefficient (Wildman–Crippen LogP) is 2.50. The Hall–Kier alpha value is -2.08. The van der Waals surface area contributed by atoms with E-state index in [-0.39, 0.29) is 17.2 Å². The summed E-state index contributed by atoms with van der Waals surface area (Å²) < 4.78 is 10.3. The van der Waals surface area contributed by atoms with Gasteiger partial charge in [0.25, 0.3) is 0 Å². The molecule has 1 heterocycles. The van der Waals surface area contributed by atoms with Crippen LogP contribution >= 0.6 is 0 Å². The van der Waals surface area contributed by atoms with Crippen LogP contribution in [0.5, 0.6) is 11.5 Å². The lowest BCUT2D eigenvalue weighted by atomic mass is 9.87. The van der Waals surface area contributed by atoms with Crippen LogP contribution in [-0.2, 0) is 0 Å². The minimum Gasteiger partial charge on any atom is -0.504 e. The molecule has 0 radical (unpaired) electrons. The molecule has 3 N–H and O–H groups in total. The molecule has 0 aliphatic carbocycles. The second-order valence-corrected chi connectivity index (χ2v) is 5.69. The second kappa shape index (κ2) is 5.13. The summed E-state index contributed by atoms with van der Waals surface area (Å²) in [4.78, 5) is 4.31. The summed E-state index contributed by atoms with van der Waals surface area (Å²) in [6.07, 6.45) is 0. The number of nitrogens with two attached hydrogens (primary N) is 1. The van der Waals surface area contributed by atoms with Crippen molar-refractivity contribution in [3.8, 4) is 22.9 Å². The molecular formula is C14H19N3O3. The lowest BCUT2D eigenvalue weighted by Crippen LogP contribution is -2.26. The Morgan fingerprint density at radius 2 is 2.05 bits per heavy atom. The van der Waals surface area contributed by atoms with E-state index in [1.165, 1.54) is 13.2 Å². The molecule has 6 heteroatoms. The third-order valence-electron chi connectivity index (χ3n) is 3.08. The summed E-state index contributed by atoms with van der Waals surface area (Å²) in [5, 5.41) is 13.5. The van der Waals surface area contributed by atoms with Crippen LogP contribution in [0.15, 0.2) is 22.7 Å². The largest absolute Gasteiger partial charge is 0.504 e. The molecule has 0 fully saturated rings. The van der Waals surface area contributed by atoms with Gasteiger partial charge in [-0.2, -0.15) is 4.98 Å². The summed E-state index contributed by atoms with van der Waals surface area (Å²) in [5.74, 6) is 1.22. The first-order chi connectivity index (χ1) is 9.32. The Labute approximate surface area is 117 Å². The van der Waals surface area contributed by atoms with Crippen LogP contribution in [0.4, 0.5) is 0 Å². The van der Waals surface area contributed by atoms with E-state index in [1.54, 1.807) is 12.1 Å². The SMILES string of the molecule is COc1cc(-c2noc([C@@H](N)C(C)(C)C)n2)ccc1O. The molecular weight excluding hydrogens is 258 g/mol. The van der Waals surface area contributed by atoms with E-state index in [0.29, 0.717) is 23.0 Å². The van der Waals surface area contributed by atoms with E-state index in [9.17, 15) is 5.11 Å². The van der Waals surface area contributed by atoms with E-state index in [4.69, 9.17) is 15.0 Å². The number of phenols is 1. The van der Waals surface area contributed by atoms with Crippen LogP contribution in [0.3, 0.4) is 0 Å². The Bertz CT molecular complexity index is 602. The average molecular weight is 277 g/mol. The number of benzene rings is 1. The Morgan fingerprint density at radius 3 is 2.65 bits per heavy atom. The van der Waals surface area contributed by atoms with Crippen LogP contribution in [0, 0.1) is 5.41 Å². The quantitative estimate of drug-likeness (QED) is 0.895. The Kier molecular flexibility index (Phi) is 3.67. The smallest absolute Gasteiger partial charge is 0.244 e. The Morgan fingerprint density at radius 1 is 1.35 bits per heavy atom. The monoisotopic (exact) mass is 277 g/mol. The summed E-state index contributed by atoms with van der Waals surface area (Å²) in [6.45, 7) is 6.02. The third-order valence-corrected chi connectivity index (χ3v) is 3.08. The molecule has 0 saturated heterocycles. The van der Waals surface area contributed by atoms with Crippen molar-refractivity contribution in [1.29, 1.82) is 0 Å². The zero-order valence-corrected chi connectivity index (χ0v) is 12.0. The van der Waals surface area contributed by atoms with Crippen LogP contribution in [-0.4, -0.2) is 22.4 Å². The molecule has 0 aliphatic heterocycles. The average Bonchev–Trinajstić information content (AvgIpc) is 2.86. The fourth-order valence-electron chi connectivity index (χ4n) is 1.67. The third kappa shape index (κ3) is 2.75. The van der Waals surface area contributed by atoms with Crippen LogP contribution in [0.25, 0.3) is 11.4 Å². The number of methoxy groups -OCH3 is 1. The molecule has 20 heavy (non-hydrogen) atoms. The molecule has 2 aromatic rings. The number of hydrogen-bond acceptors (Lipinski definition) is 6. The van der Waals surface area contributed by atoms with Gasteiger partial charge in [0.2, 0.25) is 11.7 Å². The maximum atomic E-state index is 9.57. The second-order valence-electron chi connectivity index (χ2n) is 5.69. The van der Waals surface area contributed by atoms with Gasteiger partial charge in [-0.05, 0) is 23.6 Å². The van der Waals surface area contributed by atoms with Crippen LogP contribution < -0.4 is 10.5 Å². The van der Waals surface area contributed by atoms with E-state index in [0.717, 1.165) is 0 Å². The van der Waals surface area contributed by atoms with Gasteiger partial charge >= 0.3 is 0 Å². The van der Waals surface area contributed by atoms with Gasteiger partial charge in [-0.25, -0.2) is 0 Å². The van der Waals surface area contributed by atoms with Gasteiger partial charge in [0.15, 0.2) is 11.5 Å². The maximum Gasteiger partial charge on any atom is 0.244 e. The fourth-order valence-corrected chi connectivity index (χ4v) is 1.67. The predicted molar refractivity (Wildman–Crippen MR) is 74.3 cm³/mol. The van der Waals surface area contributed by atoms with Gasteiger partial charge in [-0.1, -0.05) is 25.9 Å². The summed E-state index contributed by atoms with van der Waals surface area (Å²) in [7, 11) is 1.48. The lowest BCUT2D eigenvalue weighted by Gasteiger charge is -2.23. The van der Waals surface area contributed by atoms with Crippen molar-refractivity contribution in [3.05, 3.63) is 24.1 Å². The Balaban J connectivity index is 2.34. The van der Waals surface area contributed by atoms with Gasteiger partial charge in [0, 0.05) is 5.56 Å². The molecule has 6 nitrogen and oxygen atoms in total. The molecule has 0 saturated carbocycles. The molecule has 0 spiro atoms. The lowest BCUT2D eigenvalue weighted by molar-refractivity contribution is 0.253. The van der Waals surface area contributed by atoms with Crippen molar-refractivity contribution in [2.24, 2.45) is 11.1 Å². The van der Waals surface area contributed by atoms with Gasteiger partial charge in [-0.3, -0.25) is 0 Å². The molecule has 0 unspecified atom stereocenters. The molecule has 0 aliphatic rings. The first-order valence-electron chi connectivity index (χ1n) is 6.29. The van der Waals surface area contributed by atoms with Crippen molar-refractivity contribution in [3.63, 3.8) is 0 Å². The summed E-state index contributed by atoms with van der Waals surface area (Å²) >= 11 is 0. The number of rotatable bonds is 3. The van der Waals surface area contributed by atoms with Crippen molar-refractivity contribution < 1.29 is 14.4 Å². The summed E-state index contributed by atoms with van der Waals surface area (Å²) in [6, 6.07) is 4.51. The number of aromatic hydroxyl groups is 1. The summed E-state index contributed by atoms with van der Waals surface area (Å²) in [5.41, 5.74) is 6.60. The standard InChI is InChI=1S/C14H19N3O3/c1-14(2,3)11(15)13-16-12(17-20-13)8-5-6-9(18)10(7-8)19-4/h5-7,11,18H,15H2,1-4H3/t11-/m1/s1. The van der Waals surface area contributed by atoms with E-state index >= 15 is 0 Å². The number of aromatic nitrogens is 2. The van der Waals surface area contributed by atoms with E-state index in [2.05, 4.69) is 10.1 Å². The molecule has 0 amide bonds. The highest BCUT2D eigenvalue weighted by Crippen LogP contribution is 2.33. The van der Waals surface area contributed by atoms with Gasteiger partial charge in [0.1, 0.15) is 0 Å². The highest BCUT2D eigenvalue weighted by molar-refractivity contribution is 5.60. The molecule has 1 aromatic heterocycles. The van der Waals surface area contributed by atoms with Gasteiger partial charge in [-0.15, -0.1) is 0 Å². The van der Waals surface area contributed by atoms with Crippen LogP contribution in [0.1, 0.15) is 32.7 Å². The fraction of sp³-hybridized carbons (Fsp3) is 0.429. The first kappa shape index (κ1) is 14.3. The van der Waals surface area contributed by atoms with E-state index < -0.39 is 0 Å². The van der Waals surface area contributed by atoms with Gasteiger partial charge < -0.3 is 20.1 Å². The maximum absolute atomic E-state index is 9.57. The molecule has 1 aromatic carbocycles. The van der Waals surface area contributed by atoms with E-state index in [1.807, 2.05) is 20.8 Å². The normalized spacial score (nSPS) is 13.2. The molecule has 108 valence electrons. The van der Waals surface area contributed by atoms with Crippen molar-refractivity contribution >= 4 is 0 Å². The minimum atomic E-state index is -0.345. The van der Waals surface area contributed by atoms with Crippen molar-refractivity contribution in [1.82, 2.24) is 10.1 Å². The van der Waals surface area contributed by atoms with Crippen molar-refractivity contribution in [2.75, 3.05) is 7.11 Å². The zero-order valence-electron chi connectivity index (χ0n) is 12.0. The molecule has 2 rings (SSSR count). The topological polar surface area (TPSA) is 94.4 Å².